The molecule has 1 aromatic carbocycles. The van der Waals surface area contributed by atoms with E-state index in [4.69, 9.17) is 11.6 Å². The lowest BCUT2D eigenvalue weighted by atomic mass is 9.95. The molecule has 0 bridgehead atoms. The monoisotopic (exact) mass is 404 g/mol. The highest BCUT2D eigenvalue weighted by Crippen LogP contribution is 2.27. The maximum absolute atomic E-state index is 12.5. The number of aryl methyl sites for hydroxylation is 1. The summed E-state index contributed by atoms with van der Waals surface area (Å²) in [7, 11) is 2.08. The summed E-state index contributed by atoms with van der Waals surface area (Å²) >= 11 is 6.21. The SMILES string of the molecule is CCN(CC)CCNC(=O)C1CCN(Cc2cn(C)c3ccc(Cl)cc23)CC1. The molecular formula is C22H33ClN4O. The fraction of sp³-hybridized carbons (Fsp3) is 0.591. The lowest BCUT2D eigenvalue weighted by Gasteiger charge is -2.31. The van der Waals surface area contributed by atoms with Crippen LogP contribution in [0.3, 0.4) is 0 Å². The number of nitrogens with one attached hydrogen (secondary N) is 1. The van der Waals surface area contributed by atoms with Crippen molar-refractivity contribution in [3.8, 4) is 0 Å². The van der Waals surface area contributed by atoms with Crippen molar-refractivity contribution in [2.45, 2.75) is 33.2 Å². The molecule has 0 radical (unpaired) electrons. The van der Waals surface area contributed by atoms with Gasteiger partial charge in [0.1, 0.15) is 0 Å². The average molecular weight is 405 g/mol. The largest absolute Gasteiger partial charge is 0.355 e. The molecular weight excluding hydrogens is 372 g/mol. The number of amides is 1. The summed E-state index contributed by atoms with van der Waals surface area (Å²) in [6, 6.07) is 6.08. The zero-order valence-electron chi connectivity index (χ0n) is 17.4. The number of carbonyl (C=O) groups is 1. The van der Waals surface area contributed by atoms with E-state index >= 15 is 0 Å². The Morgan fingerprint density at radius 1 is 1.25 bits per heavy atom. The second kappa shape index (κ2) is 9.77. The number of hydrogen-bond donors (Lipinski definition) is 1. The van der Waals surface area contributed by atoms with Crippen LogP contribution in [0.2, 0.25) is 5.02 Å². The lowest BCUT2D eigenvalue weighted by molar-refractivity contribution is -0.126. The fourth-order valence-corrected chi connectivity index (χ4v) is 4.36. The zero-order valence-corrected chi connectivity index (χ0v) is 18.1. The minimum absolute atomic E-state index is 0.148. The number of piperidine rings is 1. The van der Waals surface area contributed by atoms with Gasteiger partial charge in [-0.2, -0.15) is 0 Å². The molecule has 1 N–H and O–H groups in total. The molecule has 0 aliphatic carbocycles. The predicted octanol–water partition coefficient (Wildman–Crippen LogP) is 3.50. The topological polar surface area (TPSA) is 40.5 Å². The van der Waals surface area contributed by atoms with Crippen molar-refractivity contribution in [3.63, 3.8) is 0 Å². The van der Waals surface area contributed by atoms with Crippen molar-refractivity contribution in [3.05, 3.63) is 35.0 Å². The first kappa shape index (κ1) is 21.2. The van der Waals surface area contributed by atoms with Crippen LogP contribution in [-0.2, 0) is 18.4 Å². The Labute approximate surface area is 173 Å². The molecule has 154 valence electrons. The number of hydrogen-bond acceptors (Lipinski definition) is 3. The summed E-state index contributed by atoms with van der Waals surface area (Å²) in [6.07, 6.45) is 4.07. The normalized spacial score (nSPS) is 16.2. The summed E-state index contributed by atoms with van der Waals surface area (Å²) in [5, 5.41) is 5.14. The lowest BCUT2D eigenvalue weighted by Crippen LogP contribution is -2.42. The summed E-state index contributed by atoms with van der Waals surface area (Å²) < 4.78 is 2.16. The molecule has 0 spiro atoms. The molecule has 1 amide bonds. The molecule has 1 fully saturated rings. The Balaban J connectivity index is 1.49. The number of nitrogens with zero attached hydrogens (tertiary/aromatic N) is 3. The summed E-state index contributed by atoms with van der Waals surface area (Å²) in [6.45, 7) is 10.9. The van der Waals surface area contributed by atoms with Gasteiger partial charge in [-0.3, -0.25) is 9.69 Å². The molecule has 1 saturated heterocycles. The maximum atomic E-state index is 12.5. The van der Waals surface area contributed by atoms with Crippen LogP contribution >= 0.6 is 11.6 Å². The van der Waals surface area contributed by atoms with Crippen LogP contribution in [0.15, 0.2) is 24.4 Å². The molecule has 0 saturated carbocycles. The van der Waals surface area contributed by atoms with Crippen molar-refractivity contribution >= 4 is 28.4 Å². The highest BCUT2D eigenvalue weighted by Gasteiger charge is 2.25. The van der Waals surface area contributed by atoms with Gasteiger partial charge in [0.15, 0.2) is 0 Å². The van der Waals surface area contributed by atoms with E-state index in [1.807, 2.05) is 6.07 Å². The van der Waals surface area contributed by atoms with Crippen molar-refractivity contribution < 1.29 is 4.79 Å². The van der Waals surface area contributed by atoms with Gasteiger partial charge in [-0.05, 0) is 62.8 Å². The van der Waals surface area contributed by atoms with E-state index in [2.05, 4.69) is 58.9 Å². The van der Waals surface area contributed by atoms with Gasteiger partial charge in [0.2, 0.25) is 5.91 Å². The number of carbonyl (C=O) groups excluding carboxylic acids is 1. The van der Waals surface area contributed by atoms with E-state index in [0.717, 1.165) is 63.7 Å². The van der Waals surface area contributed by atoms with Gasteiger partial charge in [-0.1, -0.05) is 25.4 Å². The van der Waals surface area contributed by atoms with Crippen LogP contribution in [0.5, 0.6) is 0 Å². The van der Waals surface area contributed by atoms with Crippen molar-refractivity contribution in [1.29, 1.82) is 0 Å². The van der Waals surface area contributed by atoms with Crippen molar-refractivity contribution in [1.82, 2.24) is 19.7 Å². The van der Waals surface area contributed by atoms with Gasteiger partial charge in [0.25, 0.3) is 0 Å². The number of likely N-dealkylation sites (tertiary alicyclic amines) is 1. The van der Waals surface area contributed by atoms with Gasteiger partial charge < -0.3 is 14.8 Å². The second-order valence-corrected chi connectivity index (χ2v) is 8.23. The van der Waals surface area contributed by atoms with Crippen LogP contribution in [0.4, 0.5) is 0 Å². The van der Waals surface area contributed by atoms with Gasteiger partial charge in [0.05, 0.1) is 0 Å². The Bertz CT molecular complexity index is 791. The molecule has 5 nitrogen and oxygen atoms in total. The van der Waals surface area contributed by atoms with Gasteiger partial charge in [-0.15, -0.1) is 0 Å². The summed E-state index contributed by atoms with van der Waals surface area (Å²) in [5.74, 6) is 0.374. The van der Waals surface area contributed by atoms with Gasteiger partial charge in [-0.25, -0.2) is 0 Å². The molecule has 0 atom stereocenters. The molecule has 1 aliphatic heterocycles. The Morgan fingerprint density at radius 2 is 1.96 bits per heavy atom. The van der Waals surface area contributed by atoms with Crippen molar-refractivity contribution in [2.75, 3.05) is 39.3 Å². The third-order valence-electron chi connectivity index (χ3n) is 6.01. The van der Waals surface area contributed by atoms with E-state index < -0.39 is 0 Å². The highest BCUT2D eigenvalue weighted by atomic mass is 35.5. The van der Waals surface area contributed by atoms with Crippen LogP contribution in [0, 0.1) is 5.92 Å². The van der Waals surface area contributed by atoms with Crippen LogP contribution in [0.25, 0.3) is 10.9 Å². The van der Waals surface area contributed by atoms with E-state index in [-0.39, 0.29) is 11.8 Å². The first-order valence-electron chi connectivity index (χ1n) is 10.5. The number of halogens is 1. The third kappa shape index (κ3) is 5.07. The second-order valence-electron chi connectivity index (χ2n) is 7.80. The maximum Gasteiger partial charge on any atom is 0.223 e. The quantitative estimate of drug-likeness (QED) is 0.732. The van der Waals surface area contributed by atoms with Crippen LogP contribution in [0.1, 0.15) is 32.3 Å². The molecule has 1 aliphatic rings. The van der Waals surface area contributed by atoms with Crippen molar-refractivity contribution in [2.24, 2.45) is 13.0 Å². The molecule has 6 heteroatoms. The molecule has 3 rings (SSSR count). The summed E-state index contributed by atoms with van der Waals surface area (Å²) in [5.41, 5.74) is 2.52. The number of fused-ring (bicyclic) bond motifs is 1. The molecule has 1 aromatic heterocycles. The number of aromatic nitrogens is 1. The Morgan fingerprint density at radius 3 is 2.64 bits per heavy atom. The highest BCUT2D eigenvalue weighted by molar-refractivity contribution is 6.31. The standard InChI is InChI=1S/C22H33ClN4O/c1-4-26(5-2)13-10-24-22(28)17-8-11-27(12-9-17)16-18-15-25(3)21-7-6-19(23)14-20(18)21/h6-7,14-15,17H,4-5,8-13,16H2,1-3H3,(H,24,28). The van der Waals surface area contributed by atoms with Crippen LogP contribution < -0.4 is 5.32 Å². The molecule has 2 heterocycles. The van der Waals surface area contributed by atoms with Gasteiger partial charge >= 0.3 is 0 Å². The van der Waals surface area contributed by atoms with E-state index in [9.17, 15) is 4.79 Å². The van der Waals surface area contributed by atoms with E-state index in [1.165, 1.54) is 16.5 Å². The van der Waals surface area contributed by atoms with E-state index in [0.29, 0.717) is 0 Å². The molecule has 0 unspecified atom stereocenters. The van der Waals surface area contributed by atoms with E-state index in [1.54, 1.807) is 0 Å². The molecule has 2 aromatic rings. The smallest absolute Gasteiger partial charge is 0.223 e. The number of likely N-dealkylation sites (N-methyl/N-ethyl adjacent to an activating group) is 1. The predicted molar refractivity (Wildman–Crippen MR) is 117 cm³/mol. The summed E-state index contributed by atoms with van der Waals surface area (Å²) in [4.78, 5) is 17.3. The third-order valence-corrected chi connectivity index (χ3v) is 6.24. The first-order valence-corrected chi connectivity index (χ1v) is 10.9. The first-order chi connectivity index (χ1) is 13.5. The molecule has 28 heavy (non-hydrogen) atoms. The fourth-order valence-electron chi connectivity index (χ4n) is 4.19. The minimum Gasteiger partial charge on any atom is -0.355 e. The Kier molecular flexibility index (Phi) is 7.38. The average Bonchev–Trinajstić information content (AvgIpc) is 3.00. The minimum atomic E-state index is 0.148. The Hall–Kier alpha value is -1.56. The zero-order chi connectivity index (χ0) is 20.1. The van der Waals surface area contributed by atoms with Crippen LogP contribution in [-0.4, -0.2) is 59.5 Å². The van der Waals surface area contributed by atoms with Gasteiger partial charge in [0, 0.05) is 54.7 Å². The number of benzene rings is 1. The number of rotatable bonds is 8.